The summed E-state index contributed by atoms with van der Waals surface area (Å²) < 4.78 is 0. The molecule has 0 atom stereocenters. The van der Waals surface area contributed by atoms with Crippen molar-refractivity contribution in [2.45, 2.75) is 37.8 Å². The van der Waals surface area contributed by atoms with Crippen LogP contribution in [0.5, 0.6) is 0 Å². The molecule has 0 saturated heterocycles. The largest absolute Gasteiger partial charge is 0.393 e. The maximum absolute atomic E-state index is 10.7. The second kappa shape index (κ2) is 5.61. The van der Waals surface area contributed by atoms with Gasteiger partial charge in [-0.2, -0.15) is 0 Å². The Balaban J connectivity index is 1.78. The number of aromatic nitrogens is 2. The van der Waals surface area contributed by atoms with Gasteiger partial charge in [-0.05, 0) is 31.7 Å². The van der Waals surface area contributed by atoms with Crippen molar-refractivity contribution in [1.29, 1.82) is 0 Å². The van der Waals surface area contributed by atoms with Crippen LogP contribution in [0.3, 0.4) is 0 Å². The molecule has 1 aliphatic carbocycles. The smallest absolute Gasteiger partial charge is 0.271 e. The van der Waals surface area contributed by atoms with E-state index in [9.17, 15) is 15.2 Å². The van der Waals surface area contributed by atoms with E-state index in [0.717, 1.165) is 25.7 Å². The number of aliphatic hydroxyl groups excluding tert-OH is 1. The molecule has 7 nitrogen and oxygen atoms in total. The molecule has 110 valence electrons. The van der Waals surface area contributed by atoms with Crippen LogP contribution in [0.1, 0.15) is 25.7 Å². The van der Waals surface area contributed by atoms with E-state index in [-0.39, 0.29) is 17.8 Å². The fourth-order valence-corrected chi connectivity index (χ4v) is 2.61. The lowest BCUT2D eigenvalue weighted by molar-refractivity contribution is -0.384. The molecule has 0 bridgehead atoms. The number of nitrogens with zero attached hydrogens (tertiary/aromatic N) is 3. The van der Waals surface area contributed by atoms with Gasteiger partial charge in [0.2, 0.25) is 0 Å². The molecule has 1 aromatic carbocycles. The quantitative estimate of drug-likeness (QED) is 0.663. The Labute approximate surface area is 121 Å². The molecule has 7 heteroatoms. The first-order valence-electron chi connectivity index (χ1n) is 6.97. The van der Waals surface area contributed by atoms with E-state index in [1.165, 1.54) is 12.1 Å². The first-order chi connectivity index (χ1) is 10.1. The molecule has 21 heavy (non-hydrogen) atoms. The number of nitro groups is 1. The summed E-state index contributed by atoms with van der Waals surface area (Å²) in [5.74, 6) is 0.665. The van der Waals surface area contributed by atoms with Crippen LogP contribution in [0, 0.1) is 10.1 Å². The third-order valence-electron chi connectivity index (χ3n) is 3.79. The SMILES string of the molecule is O=[N+]([O-])c1ccc2nc(NC3CCC(O)CC3)cnc2c1. The van der Waals surface area contributed by atoms with Gasteiger partial charge in [-0.3, -0.25) is 15.1 Å². The van der Waals surface area contributed by atoms with E-state index in [1.54, 1.807) is 12.3 Å². The molecule has 1 aromatic heterocycles. The van der Waals surface area contributed by atoms with Gasteiger partial charge in [0.15, 0.2) is 0 Å². The van der Waals surface area contributed by atoms with E-state index >= 15 is 0 Å². The maximum atomic E-state index is 10.7. The van der Waals surface area contributed by atoms with Crippen molar-refractivity contribution >= 4 is 22.5 Å². The third kappa shape index (κ3) is 3.08. The van der Waals surface area contributed by atoms with Crippen molar-refractivity contribution in [3.05, 3.63) is 34.5 Å². The Morgan fingerprint density at radius 3 is 2.71 bits per heavy atom. The minimum atomic E-state index is -0.444. The first-order valence-corrected chi connectivity index (χ1v) is 6.97. The Kier molecular flexibility index (Phi) is 3.66. The van der Waals surface area contributed by atoms with Crippen LogP contribution in [0.15, 0.2) is 24.4 Å². The zero-order valence-corrected chi connectivity index (χ0v) is 11.4. The third-order valence-corrected chi connectivity index (χ3v) is 3.79. The first kappa shape index (κ1) is 13.7. The number of aliphatic hydroxyl groups is 1. The van der Waals surface area contributed by atoms with Crippen LogP contribution in [0.4, 0.5) is 11.5 Å². The average Bonchev–Trinajstić information content (AvgIpc) is 2.49. The van der Waals surface area contributed by atoms with Crippen LogP contribution in [0.25, 0.3) is 11.0 Å². The predicted octanol–water partition coefficient (Wildman–Crippen LogP) is 2.25. The molecule has 0 radical (unpaired) electrons. The standard InChI is InChI=1S/C14H16N4O3/c19-11-4-1-9(2-5-11)16-14-8-15-13-7-10(18(20)21)3-6-12(13)17-14/h3,6-9,11,19H,1-2,4-5H2,(H,16,17). The highest BCUT2D eigenvalue weighted by atomic mass is 16.6. The van der Waals surface area contributed by atoms with Crippen molar-refractivity contribution in [1.82, 2.24) is 9.97 Å². The highest BCUT2D eigenvalue weighted by Crippen LogP contribution is 2.23. The number of nitrogens with one attached hydrogen (secondary N) is 1. The molecule has 1 aliphatic rings. The van der Waals surface area contributed by atoms with Crippen molar-refractivity contribution in [2.75, 3.05) is 5.32 Å². The Bertz CT molecular complexity index is 668. The fraction of sp³-hybridized carbons (Fsp3) is 0.429. The van der Waals surface area contributed by atoms with Crippen LogP contribution in [-0.2, 0) is 0 Å². The van der Waals surface area contributed by atoms with Gasteiger partial charge in [-0.1, -0.05) is 0 Å². The molecular weight excluding hydrogens is 272 g/mol. The summed E-state index contributed by atoms with van der Waals surface area (Å²) in [6.07, 6.45) is 4.81. The van der Waals surface area contributed by atoms with Gasteiger partial charge in [0.25, 0.3) is 5.69 Å². The average molecular weight is 288 g/mol. The molecule has 1 fully saturated rings. The molecule has 3 rings (SSSR count). The normalized spacial score (nSPS) is 22.1. The van der Waals surface area contributed by atoms with E-state index in [1.807, 2.05) is 0 Å². The summed E-state index contributed by atoms with van der Waals surface area (Å²) in [7, 11) is 0. The molecule has 1 heterocycles. The Morgan fingerprint density at radius 2 is 2.00 bits per heavy atom. The minimum Gasteiger partial charge on any atom is -0.393 e. The van der Waals surface area contributed by atoms with Gasteiger partial charge in [0.1, 0.15) is 5.82 Å². The molecule has 0 spiro atoms. The van der Waals surface area contributed by atoms with E-state index < -0.39 is 4.92 Å². The highest BCUT2D eigenvalue weighted by Gasteiger charge is 2.19. The summed E-state index contributed by atoms with van der Waals surface area (Å²) in [6.45, 7) is 0. The fourth-order valence-electron chi connectivity index (χ4n) is 2.61. The second-order valence-electron chi connectivity index (χ2n) is 5.34. The maximum Gasteiger partial charge on any atom is 0.271 e. The van der Waals surface area contributed by atoms with Crippen molar-refractivity contribution < 1.29 is 10.0 Å². The number of hydrogen-bond donors (Lipinski definition) is 2. The van der Waals surface area contributed by atoms with E-state index in [0.29, 0.717) is 16.9 Å². The molecule has 0 aliphatic heterocycles. The highest BCUT2D eigenvalue weighted by molar-refractivity contribution is 5.78. The van der Waals surface area contributed by atoms with Gasteiger partial charge in [0, 0.05) is 18.2 Å². The Hall–Kier alpha value is -2.28. The topological polar surface area (TPSA) is 101 Å². The number of non-ortho nitro benzene ring substituents is 1. The van der Waals surface area contributed by atoms with Crippen molar-refractivity contribution in [3.8, 4) is 0 Å². The number of hydrogen-bond acceptors (Lipinski definition) is 6. The number of nitro benzene ring substituents is 1. The van der Waals surface area contributed by atoms with Crippen molar-refractivity contribution in [3.63, 3.8) is 0 Å². The summed E-state index contributed by atoms with van der Waals surface area (Å²) >= 11 is 0. The zero-order valence-electron chi connectivity index (χ0n) is 11.4. The monoisotopic (exact) mass is 288 g/mol. The summed E-state index contributed by atoms with van der Waals surface area (Å²) in [6, 6.07) is 4.75. The lowest BCUT2D eigenvalue weighted by atomic mass is 9.93. The minimum absolute atomic E-state index is 0.0128. The Morgan fingerprint density at radius 1 is 1.24 bits per heavy atom. The van der Waals surface area contributed by atoms with Crippen LogP contribution in [0.2, 0.25) is 0 Å². The number of anilines is 1. The lowest BCUT2D eigenvalue weighted by Gasteiger charge is -2.26. The van der Waals surface area contributed by atoms with Gasteiger partial charge in [-0.15, -0.1) is 0 Å². The summed E-state index contributed by atoms with van der Waals surface area (Å²) in [5, 5.41) is 23.5. The predicted molar refractivity (Wildman–Crippen MR) is 78.1 cm³/mol. The lowest BCUT2D eigenvalue weighted by Crippen LogP contribution is -2.28. The molecule has 1 saturated carbocycles. The zero-order chi connectivity index (χ0) is 14.8. The van der Waals surface area contributed by atoms with Crippen LogP contribution < -0.4 is 5.32 Å². The van der Waals surface area contributed by atoms with Gasteiger partial charge < -0.3 is 10.4 Å². The molecule has 0 amide bonds. The van der Waals surface area contributed by atoms with Gasteiger partial charge >= 0.3 is 0 Å². The molecular formula is C14H16N4O3. The summed E-state index contributed by atoms with van der Waals surface area (Å²) in [4.78, 5) is 18.9. The van der Waals surface area contributed by atoms with E-state index in [4.69, 9.17) is 0 Å². The van der Waals surface area contributed by atoms with E-state index in [2.05, 4.69) is 15.3 Å². The molecule has 0 unspecified atom stereocenters. The number of benzene rings is 1. The van der Waals surface area contributed by atoms with Crippen molar-refractivity contribution in [2.24, 2.45) is 0 Å². The molecule has 2 aromatic rings. The van der Waals surface area contributed by atoms with Crippen LogP contribution >= 0.6 is 0 Å². The number of fused-ring (bicyclic) bond motifs is 1. The number of rotatable bonds is 3. The second-order valence-corrected chi connectivity index (χ2v) is 5.34. The van der Waals surface area contributed by atoms with Crippen LogP contribution in [-0.4, -0.2) is 32.1 Å². The van der Waals surface area contributed by atoms with Gasteiger partial charge in [-0.25, -0.2) is 4.98 Å². The molecule has 2 N–H and O–H groups in total. The van der Waals surface area contributed by atoms with Gasteiger partial charge in [0.05, 0.1) is 28.3 Å². The summed E-state index contributed by atoms with van der Waals surface area (Å²) in [5.41, 5.74) is 1.15.